The van der Waals surface area contributed by atoms with E-state index in [0.717, 1.165) is 110 Å². The van der Waals surface area contributed by atoms with Gasteiger partial charge in [0.2, 0.25) is 11.9 Å². The summed E-state index contributed by atoms with van der Waals surface area (Å²) in [5.41, 5.74) is 29.5. The molecular weight excluding hydrogens is 1360 g/mol. The van der Waals surface area contributed by atoms with Crippen molar-refractivity contribution in [3.63, 3.8) is 0 Å². The van der Waals surface area contributed by atoms with Crippen LogP contribution in [-0.4, -0.2) is 39.0 Å². The van der Waals surface area contributed by atoms with E-state index in [9.17, 15) is 0 Å². The van der Waals surface area contributed by atoms with Crippen molar-refractivity contribution in [1.29, 1.82) is 0 Å². The Morgan fingerprint density at radius 1 is 0.207 bits per heavy atom. The van der Waals surface area contributed by atoms with E-state index in [1.807, 2.05) is 109 Å². The van der Waals surface area contributed by atoms with Crippen LogP contribution in [0.25, 0.3) is 167 Å². The molecule has 11 heteroatoms. The molecule has 11 nitrogen and oxygen atoms in total. The standard InChI is InChI=1S/C53H30N4O2.C47H28N4O/c1-3-15-31-29(13-1)45-30-14-2-4-16-32(30)48(31)50-36(45)27-28-40-49(50)33-17-5-8-22-39(33)57(40)53-55-51(37-20-11-25-43-46(37)34-18-6-9-23-41(34)58-43)54-52(56-53)38-21-12-26-44-47(38)35-19-7-10-24-42(35)59-44;1-2-12-27(13-3-1)45-48-46(28-22-25-40-36(26-28)29-14-9-11-21-39(29)52-40)50-47(49-45)51-37-20-10-8-19-34(37)43-38(51)24-23-35-41-30-15-4-6-17-32(30)42(44(35)43)33-18-7-5-16-31(33)41/h1-28,45,48H;1-26,41-42H. The normalized spacial score (nSPS) is 15.6. The highest BCUT2D eigenvalue weighted by atomic mass is 16.3. The maximum absolute atomic E-state index is 6.38. The first kappa shape index (κ1) is 60.5. The molecule has 0 amide bonds. The van der Waals surface area contributed by atoms with Gasteiger partial charge in [0.15, 0.2) is 23.3 Å². The lowest BCUT2D eigenvalue weighted by Crippen LogP contribution is -2.27. The van der Waals surface area contributed by atoms with Gasteiger partial charge in [0.25, 0.3) is 0 Å². The first-order valence-electron chi connectivity index (χ1n) is 37.9. The van der Waals surface area contributed by atoms with Crippen molar-refractivity contribution in [3.05, 3.63) is 394 Å². The second kappa shape index (κ2) is 22.9. The predicted molar refractivity (Wildman–Crippen MR) is 441 cm³/mol. The Morgan fingerprint density at radius 3 is 1.04 bits per heavy atom. The van der Waals surface area contributed by atoms with Crippen LogP contribution < -0.4 is 0 Å². The van der Waals surface area contributed by atoms with E-state index in [0.29, 0.717) is 35.2 Å². The maximum atomic E-state index is 6.38. The van der Waals surface area contributed by atoms with Crippen LogP contribution >= 0.6 is 0 Å². The van der Waals surface area contributed by atoms with Gasteiger partial charge < -0.3 is 13.3 Å². The fourth-order valence-electron chi connectivity index (χ4n) is 19.7. The van der Waals surface area contributed by atoms with Crippen LogP contribution in [0.5, 0.6) is 0 Å². The molecule has 15 aromatic carbocycles. The van der Waals surface area contributed by atoms with E-state index in [2.05, 4.69) is 228 Å². The fourth-order valence-corrected chi connectivity index (χ4v) is 19.7. The minimum atomic E-state index is 0.105. The minimum absolute atomic E-state index is 0.105. The third kappa shape index (κ3) is 8.56. The van der Waals surface area contributed by atoms with Crippen molar-refractivity contribution < 1.29 is 13.3 Å². The van der Waals surface area contributed by atoms with Crippen molar-refractivity contribution in [2.45, 2.75) is 23.7 Å². The second-order valence-corrected chi connectivity index (χ2v) is 29.7. The Hall–Kier alpha value is -14.7. The van der Waals surface area contributed by atoms with Crippen molar-refractivity contribution in [3.8, 4) is 57.4 Å². The molecule has 6 aliphatic carbocycles. The van der Waals surface area contributed by atoms with Gasteiger partial charge in [-0.2, -0.15) is 19.9 Å². The first-order valence-corrected chi connectivity index (χ1v) is 37.9. The number of furan rings is 3. The highest BCUT2D eigenvalue weighted by Gasteiger charge is 2.45. The van der Waals surface area contributed by atoms with Crippen molar-refractivity contribution >= 4 is 109 Å². The quantitative estimate of drug-likeness (QED) is 0.160. The van der Waals surface area contributed by atoms with E-state index in [-0.39, 0.29) is 23.7 Å². The predicted octanol–water partition coefficient (Wildman–Crippen LogP) is 24.3. The van der Waals surface area contributed by atoms with Gasteiger partial charge in [-0.05, 0) is 140 Å². The number of para-hydroxylation sites is 5. The molecule has 0 spiro atoms. The molecule has 0 saturated heterocycles. The summed E-state index contributed by atoms with van der Waals surface area (Å²) in [5, 5.41) is 11.0. The minimum Gasteiger partial charge on any atom is -0.456 e. The molecule has 7 heterocycles. The first-order chi connectivity index (χ1) is 55.1. The Bertz CT molecular complexity index is 7560. The summed E-state index contributed by atoms with van der Waals surface area (Å²) in [6, 6.07) is 116. The largest absolute Gasteiger partial charge is 0.456 e. The lowest BCUT2D eigenvalue weighted by atomic mass is 9.60. The molecule has 516 valence electrons. The van der Waals surface area contributed by atoms with Gasteiger partial charge in [-0.1, -0.05) is 255 Å². The second-order valence-electron chi connectivity index (χ2n) is 29.7. The molecule has 0 saturated carbocycles. The smallest absolute Gasteiger partial charge is 0.238 e. The molecular formula is C100H58N8O3. The number of rotatable bonds is 6. The number of hydrogen-bond acceptors (Lipinski definition) is 9. The number of hydrogen-bond donors (Lipinski definition) is 0. The molecule has 0 N–H and O–H groups in total. The molecule has 28 rings (SSSR count). The Labute approximate surface area is 633 Å². The van der Waals surface area contributed by atoms with Crippen molar-refractivity contribution in [1.82, 2.24) is 39.0 Å². The van der Waals surface area contributed by atoms with Crippen LogP contribution in [0.3, 0.4) is 0 Å². The van der Waals surface area contributed by atoms with Crippen LogP contribution in [0.1, 0.15) is 90.4 Å². The molecule has 6 aliphatic rings. The Kier molecular flexibility index (Phi) is 12.5. The van der Waals surface area contributed by atoms with Crippen LogP contribution in [0.15, 0.2) is 341 Å². The van der Waals surface area contributed by atoms with Gasteiger partial charge in [0, 0.05) is 99.8 Å². The Balaban J connectivity index is 0.000000127. The fraction of sp³-hybridized carbons (Fsp3) is 0.0400. The summed E-state index contributed by atoms with van der Waals surface area (Å²) in [4.78, 5) is 31.9. The van der Waals surface area contributed by atoms with E-state index < -0.39 is 0 Å². The zero-order chi connectivity index (χ0) is 72.3. The van der Waals surface area contributed by atoms with Gasteiger partial charge in [-0.25, -0.2) is 9.97 Å². The van der Waals surface area contributed by atoms with E-state index in [4.69, 9.17) is 43.2 Å². The summed E-state index contributed by atoms with van der Waals surface area (Å²) in [6.07, 6.45) is 0. The third-order valence-corrected chi connectivity index (χ3v) is 24.1. The summed E-state index contributed by atoms with van der Waals surface area (Å²) in [6.45, 7) is 0. The summed E-state index contributed by atoms with van der Waals surface area (Å²) in [5.74, 6) is 4.12. The van der Waals surface area contributed by atoms with Gasteiger partial charge in [0.1, 0.15) is 33.5 Å². The topological polar surface area (TPSA) is 127 Å². The molecule has 0 aliphatic heterocycles. The summed E-state index contributed by atoms with van der Waals surface area (Å²) < 4.78 is 23.4. The molecule has 0 radical (unpaired) electrons. The molecule has 0 unspecified atom stereocenters. The van der Waals surface area contributed by atoms with Gasteiger partial charge in [-0.3, -0.25) is 9.13 Å². The van der Waals surface area contributed by atoms with E-state index >= 15 is 0 Å². The zero-order valence-corrected chi connectivity index (χ0v) is 59.3. The molecule has 7 aromatic heterocycles. The van der Waals surface area contributed by atoms with Crippen molar-refractivity contribution in [2.75, 3.05) is 0 Å². The SMILES string of the molecule is c1ccc(-c2nc(-c3ccc4oc5ccccc5c4c3)nc(-n3c4ccccc4c4c5c(ccc43)C3c4ccccc4C5c4ccccc43)n2)cc1.c1ccc2c(c1)C1c3ccccc3C2c2c1ccc1c2c2ccccc2n1-c1nc(-c2cccc3oc4ccccc4c23)nc(-c2cccc3oc4ccccc4c23)n1. The zero-order valence-electron chi connectivity index (χ0n) is 59.3. The maximum Gasteiger partial charge on any atom is 0.238 e. The molecule has 4 bridgehead atoms. The summed E-state index contributed by atoms with van der Waals surface area (Å²) >= 11 is 0. The Morgan fingerprint density at radius 2 is 0.559 bits per heavy atom. The highest BCUT2D eigenvalue weighted by Crippen LogP contribution is 2.60. The number of fused-ring (bicyclic) bond motifs is 15. The van der Waals surface area contributed by atoms with Gasteiger partial charge >= 0.3 is 0 Å². The van der Waals surface area contributed by atoms with Crippen LogP contribution in [0, 0.1) is 0 Å². The van der Waals surface area contributed by atoms with Crippen LogP contribution in [0.2, 0.25) is 0 Å². The van der Waals surface area contributed by atoms with Crippen LogP contribution in [0.4, 0.5) is 0 Å². The monoisotopic (exact) mass is 1420 g/mol. The molecule has 0 atom stereocenters. The number of benzene rings is 15. The van der Waals surface area contributed by atoms with Gasteiger partial charge in [-0.15, -0.1) is 0 Å². The van der Waals surface area contributed by atoms with E-state index in [1.54, 1.807) is 0 Å². The average Bonchev–Trinajstić information content (AvgIpc) is 1.66. The third-order valence-electron chi connectivity index (χ3n) is 24.1. The number of aromatic nitrogens is 8. The van der Waals surface area contributed by atoms with Crippen LogP contribution in [-0.2, 0) is 0 Å². The van der Waals surface area contributed by atoms with Gasteiger partial charge in [0.05, 0.1) is 22.1 Å². The molecule has 111 heavy (non-hydrogen) atoms. The average molecular weight is 1420 g/mol. The highest BCUT2D eigenvalue weighted by molar-refractivity contribution is 6.16. The summed E-state index contributed by atoms with van der Waals surface area (Å²) in [7, 11) is 0. The lowest BCUT2D eigenvalue weighted by Gasteiger charge is -2.42. The molecule has 22 aromatic rings. The number of nitrogens with zero attached hydrogens (tertiary/aromatic N) is 8. The lowest BCUT2D eigenvalue weighted by molar-refractivity contribution is 0.668. The van der Waals surface area contributed by atoms with E-state index in [1.165, 1.54) is 88.3 Å². The molecule has 0 fully saturated rings. The van der Waals surface area contributed by atoms with Crippen molar-refractivity contribution in [2.24, 2.45) is 0 Å².